The summed E-state index contributed by atoms with van der Waals surface area (Å²) in [6.45, 7) is 0.331. The second-order valence-corrected chi connectivity index (χ2v) is 3.13. The van der Waals surface area contributed by atoms with Crippen molar-refractivity contribution in [2.75, 3.05) is 0 Å². The number of hydrogen-bond donors (Lipinski definition) is 0. The molecule has 0 saturated heterocycles. The van der Waals surface area contributed by atoms with Gasteiger partial charge in [-0.15, -0.1) is 0 Å². The van der Waals surface area contributed by atoms with E-state index in [2.05, 4.69) is 4.98 Å². The lowest BCUT2D eigenvalue weighted by Gasteiger charge is -1.96. The van der Waals surface area contributed by atoms with Crippen LogP contribution in [0.3, 0.4) is 0 Å². The van der Waals surface area contributed by atoms with Gasteiger partial charge in [-0.1, -0.05) is 11.6 Å². The molecule has 0 spiro atoms. The Bertz CT molecular complexity index is 450. The second-order valence-electron chi connectivity index (χ2n) is 2.70. The molecule has 2 aromatic rings. The van der Waals surface area contributed by atoms with E-state index >= 15 is 0 Å². The molecular weight excluding hydrogens is 188 g/mol. The molecule has 0 saturated carbocycles. The Morgan fingerprint density at radius 2 is 2.38 bits per heavy atom. The third kappa shape index (κ3) is 1.42. The van der Waals surface area contributed by atoms with Gasteiger partial charge in [0.2, 0.25) is 0 Å². The average molecular weight is 195 g/mol. The molecule has 0 aliphatic heterocycles. The molecule has 0 bridgehead atoms. The minimum absolute atomic E-state index is 0.331. The van der Waals surface area contributed by atoms with Gasteiger partial charge >= 0.3 is 0 Å². The number of carbonyl (C=O) groups is 1. The van der Waals surface area contributed by atoms with E-state index in [1.54, 1.807) is 23.0 Å². The van der Waals surface area contributed by atoms with Gasteiger partial charge in [0, 0.05) is 5.02 Å². The van der Waals surface area contributed by atoms with Crippen LogP contribution in [-0.4, -0.2) is 15.8 Å². The highest BCUT2D eigenvalue weighted by Gasteiger charge is 2.01. The van der Waals surface area contributed by atoms with Crippen molar-refractivity contribution in [3.63, 3.8) is 0 Å². The van der Waals surface area contributed by atoms with Crippen molar-refractivity contribution >= 4 is 28.9 Å². The Morgan fingerprint density at radius 3 is 3.15 bits per heavy atom. The largest absolute Gasteiger partial charge is 0.323 e. The van der Waals surface area contributed by atoms with E-state index in [0.29, 0.717) is 11.6 Å². The van der Waals surface area contributed by atoms with E-state index in [0.717, 1.165) is 17.3 Å². The van der Waals surface area contributed by atoms with Gasteiger partial charge in [0.15, 0.2) is 0 Å². The minimum Gasteiger partial charge on any atom is -0.323 e. The summed E-state index contributed by atoms with van der Waals surface area (Å²) in [7, 11) is 0. The molecule has 66 valence electrons. The Morgan fingerprint density at radius 1 is 1.54 bits per heavy atom. The van der Waals surface area contributed by atoms with Crippen LogP contribution in [-0.2, 0) is 11.3 Å². The molecule has 3 nitrogen and oxygen atoms in total. The van der Waals surface area contributed by atoms with Crippen molar-refractivity contribution in [1.29, 1.82) is 0 Å². The number of benzene rings is 1. The lowest BCUT2D eigenvalue weighted by Crippen LogP contribution is -1.95. The van der Waals surface area contributed by atoms with Crippen LogP contribution in [0, 0.1) is 0 Å². The molecule has 0 aliphatic carbocycles. The summed E-state index contributed by atoms with van der Waals surface area (Å²) in [6.07, 6.45) is 2.48. The van der Waals surface area contributed by atoms with Gasteiger partial charge in [-0.3, -0.25) is 0 Å². The first kappa shape index (κ1) is 8.26. The van der Waals surface area contributed by atoms with Crippen molar-refractivity contribution in [3.8, 4) is 0 Å². The third-order valence-corrected chi connectivity index (χ3v) is 2.09. The summed E-state index contributed by atoms with van der Waals surface area (Å²) in [5.41, 5.74) is 1.74. The minimum atomic E-state index is 0.331. The summed E-state index contributed by atoms with van der Waals surface area (Å²) >= 11 is 5.79. The van der Waals surface area contributed by atoms with Gasteiger partial charge in [0.25, 0.3) is 0 Å². The Hall–Kier alpha value is -1.35. The molecule has 0 unspecified atom stereocenters. The molecule has 0 aliphatic rings. The highest BCUT2D eigenvalue weighted by molar-refractivity contribution is 6.31. The summed E-state index contributed by atoms with van der Waals surface area (Å²) in [5.74, 6) is 0. The highest BCUT2D eigenvalue weighted by atomic mass is 35.5. The summed E-state index contributed by atoms with van der Waals surface area (Å²) in [4.78, 5) is 14.4. The maximum absolute atomic E-state index is 10.3. The van der Waals surface area contributed by atoms with Gasteiger partial charge in [0.1, 0.15) is 6.29 Å². The van der Waals surface area contributed by atoms with E-state index in [1.165, 1.54) is 0 Å². The highest BCUT2D eigenvalue weighted by Crippen LogP contribution is 2.17. The van der Waals surface area contributed by atoms with Crippen LogP contribution in [0.5, 0.6) is 0 Å². The Labute approximate surface area is 79.9 Å². The van der Waals surface area contributed by atoms with Crippen LogP contribution in [0.15, 0.2) is 24.5 Å². The predicted octanol–water partition coefficient (Wildman–Crippen LogP) is 1.89. The number of halogens is 1. The number of nitrogens with zero attached hydrogens (tertiary/aromatic N) is 2. The molecule has 1 aromatic carbocycles. The molecule has 2 rings (SSSR count). The maximum Gasteiger partial charge on any atom is 0.139 e. The van der Waals surface area contributed by atoms with Gasteiger partial charge in [-0.2, -0.15) is 0 Å². The zero-order valence-corrected chi connectivity index (χ0v) is 7.53. The number of imidazole rings is 1. The summed E-state index contributed by atoms with van der Waals surface area (Å²) in [6, 6.07) is 5.42. The number of fused-ring (bicyclic) bond motifs is 1. The van der Waals surface area contributed by atoms with Crippen LogP contribution in [0.1, 0.15) is 0 Å². The molecule has 1 aromatic heterocycles. The fourth-order valence-electron chi connectivity index (χ4n) is 1.26. The number of aldehydes is 1. The monoisotopic (exact) mass is 194 g/mol. The van der Waals surface area contributed by atoms with Crippen LogP contribution in [0.25, 0.3) is 11.0 Å². The summed E-state index contributed by atoms with van der Waals surface area (Å²) < 4.78 is 1.78. The lowest BCUT2D eigenvalue weighted by atomic mass is 10.3. The average Bonchev–Trinajstić information content (AvgIpc) is 2.49. The SMILES string of the molecule is O=CCn1cnc2cc(Cl)ccc21. The molecule has 0 atom stereocenters. The second kappa shape index (κ2) is 3.18. The van der Waals surface area contributed by atoms with E-state index in [1.807, 2.05) is 6.07 Å². The maximum atomic E-state index is 10.3. The molecule has 0 fully saturated rings. The van der Waals surface area contributed by atoms with Gasteiger partial charge in [-0.05, 0) is 18.2 Å². The van der Waals surface area contributed by atoms with Crippen LogP contribution >= 0.6 is 11.6 Å². The number of hydrogen-bond acceptors (Lipinski definition) is 2. The van der Waals surface area contributed by atoms with E-state index in [-0.39, 0.29) is 0 Å². The van der Waals surface area contributed by atoms with Crippen LogP contribution in [0.2, 0.25) is 5.02 Å². The van der Waals surface area contributed by atoms with Crippen LogP contribution in [0.4, 0.5) is 0 Å². The molecule has 13 heavy (non-hydrogen) atoms. The van der Waals surface area contributed by atoms with Gasteiger partial charge < -0.3 is 9.36 Å². The zero-order valence-electron chi connectivity index (χ0n) is 6.77. The van der Waals surface area contributed by atoms with Crippen LogP contribution < -0.4 is 0 Å². The first-order valence-corrected chi connectivity index (χ1v) is 4.23. The van der Waals surface area contributed by atoms with E-state index in [4.69, 9.17) is 11.6 Å². The fourth-order valence-corrected chi connectivity index (χ4v) is 1.43. The van der Waals surface area contributed by atoms with E-state index in [9.17, 15) is 4.79 Å². The lowest BCUT2D eigenvalue weighted by molar-refractivity contribution is -0.108. The Balaban J connectivity index is 2.61. The predicted molar refractivity (Wildman–Crippen MR) is 50.8 cm³/mol. The van der Waals surface area contributed by atoms with E-state index < -0.39 is 0 Å². The Kier molecular flexibility index (Phi) is 2.02. The first-order valence-electron chi connectivity index (χ1n) is 3.85. The molecule has 0 N–H and O–H groups in total. The topological polar surface area (TPSA) is 34.9 Å². The number of carbonyl (C=O) groups excluding carboxylic acids is 1. The van der Waals surface area contributed by atoms with Crippen molar-refractivity contribution in [3.05, 3.63) is 29.5 Å². The summed E-state index contributed by atoms with van der Waals surface area (Å²) in [5, 5.41) is 0.656. The number of rotatable bonds is 2. The first-order chi connectivity index (χ1) is 6.31. The molecule has 1 heterocycles. The molecule has 0 radical (unpaired) electrons. The quantitative estimate of drug-likeness (QED) is 0.685. The zero-order chi connectivity index (χ0) is 9.26. The van der Waals surface area contributed by atoms with Crippen molar-refractivity contribution in [2.24, 2.45) is 0 Å². The smallest absolute Gasteiger partial charge is 0.139 e. The molecule has 4 heteroatoms. The standard InChI is InChI=1S/C9H7ClN2O/c10-7-1-2-9-8(5-7)11-6-12(9)3-4-13/h1-2,4-6H,3H2. The molecular formula is C9H7ClN2O. The fraction of sp³-hybridized carbons (Fsp3) is 0.111. The molecule has 0 amide bonds. The number of aromatic nitrogens is 2. The van der Waals surface area contributed by atoms with Crippen molar-refractivity contribution in [2.45, 2.75) is 6.54 Å². The normalized spacial score (nSPS) is 10.5. The van der Waals surface area contributed by atoms with Crippen molar-refractivity contribution < 1.29 is 4.79 Å². The van der Waals surface area contributed by atoms with Gasteiger partial charge in [-0.25, -0.2) is 4.98 Å². The third-order valence-electron chi connectivity index (χ3n) is 1.85. The van der Waals surface area contributed by atoms with Crippen molar-refractivity contribution in [1.82, 2.24) is 9.55 Å². The van der Waals surface area contributed by atoms with Gasteiger partial charge in [0.05, 0.1) is 23.9 Å².